The highest BCUT2D eigenvalue weighted by molar-refractivity contribution is 6.16. The lowest BCUT2D eigenvalue weighted by atomic mass is 9.97. The van der Waals surface area contributed by atoms with Crippen molar-refractivity contribution in [2.45, 2.75) is 19.3 Å². The van der Waals surface area contributed by atoms with Crippen LogP contribution in [0.15, 0.2) is 97.1 Å². The molecule has 0 saturated heterocycles. The molecule has 174 valence electrons. The molecule has 0 aliphatic rings. The van der Waals surface area contributed by atoms with Crippen molar-refractivity contribution >= 4 is 44.3 Å². The fraction of sp³-hybridized carbons (Fsp3) is 0.161. The maximum atomic E-state index is 13.0. The predicted molar refractivity (Wildman–Crippen MR) is 140 cm³/mol. The van der Waals surface area contributed by atoms with E-state index in [4.69, 9.17) is 9.47 Å². The third kappa shape index (κ3) is 5.02. The third-order valence-electron chi connectivity index (χ3n) is 6.22. The molecule has 5 rings (SSSR count). The fourth-order valence-corrected chi connectivity index (χ4v) is 4.42. The summed E-state index contributed by atoms with van der Waals surface area (Å²) in [5.41, 5.74) is 1.17. The van der Waals surface area contributed by atoms with Crippen molar-refractivity contribution in [3.8, 4) is 0 Å². The molecular formula is C31H26O4. The predicted octanol–water partition coefficient (Wildman–Crippen LogP) is 7.33. The van der Waals surface area contributed by atoms with Gasteiger partial charge < -0.3 is 9.47 Å². The van der Waals surface area contributed by atoms with Crippen molar-refractivity contribution in [1.29, 1.82) is 0 Å². The number of benzene rings is 5. The van der Waals surface area contributed by atoms with Gasteiger partial charge in [0, 0.05) is 0 Å². The van der Waals surface area contributed by atoms with Gasteiger partial charge in [-0.15, -0.1) is 0 Å². The van der Waals surface area contributed by atoms with Crippen molar-refractivity contribution in [2.75, 3.05) is 13.2 Å². The summed E-state index contributed by atoms with van der Waals surface area (Å²) in [5, 5.41) is 5.95. The summed E-state index contributed by atoms with van der Waals surface area (Å²) in [7, 11) is 0. The zero-order valence-electron chi connectivity index (χ0n) is 19.4. The first-order valence-corrected chi connectivity index (χ1v) is 11.9. The summed E-state index contributed by atoms with van der Waals surface area (Å²) >= 11 is 0. The Hall–Kier alpha value is -4.18. The Balaban J connectivity index is 1.11. The molecule has 0 heterocycles. The molecule has 5 aromatic carbocycles. The van der Waals surface area contributed by atoms with E-state index in [1.165, 1.54) is 0 Å². The van der Waals surface area contributed by atoms with E-state index in [1.54, 1.807) is 6.07 Å². The second-order valence-electron chi connectivity index (χ2n) is 8.59. The van der Waals surface area contributed by atoms with E-state index in [0.717, 1.165) is 38.7 Å². The first kappa shape index (κ1) is 22.6. The molecule has 0 aliphatic heterocycles. The molecule has 0 amide bonds. The molecule has 0 aromatic heterocycles. The second kappa shape index (κ2) is 10.4. The highest BCUT2D eigenvalue weighted by Gasteiger charge is 2.16. The van der Waals surface area contributed by atoms with E-state index in [1.807, 2.05) is 84.9 Å². The second-order valence-corrected chi connectivity index (χ2v) is 8.59. The van der Waals surface area contributed by atoms with E-state index >= 15 is 0 Å². The number of ether oxygens (including phenoxy) is 2. The number of hydrogen-bond acceptors (Lipinski definition) is 4. The Bertz CT molecular complexity index is 1470. The van der Waals surface area contributed by atoms with Gasteiger partial charge in [0.15, 0.2) is 0 Å². The van der Waals surface area contributed by atoms with Crippen LogP contribution in [0.2, 0.25) is 0 Å². The number of fused-ring (bicyclic) bond motifs is 3. The van der Waals surface area contributed by atoms with Crippen molar-refractivity contribution in [3.05, 3.63) is 108 Å². The summed E-state index contributed by atoms with van der Waals surface area (Å²) < 4.78 is 11.1. The molecule has 4 nitrogen and oxygen atoms in total. The zero-order chi connectivity index (χ0) is 24.0. The molecule has 35 heavy (non-hydrogen) atoms. The molecule has 0 spiro atoms. The number of hydrogen-bond donors (Lipinski definition) is 0. The van der Waals surface area contributed by atoms with Gasteiger partial charge in [0.25, 0.3) is 0 Å². The van der Waals surface area contributed by atoms with Crippen molar-refractivity contribution in [3.63, 3.8) is 0 Å². The Morgan fingerprint density at radius 1 is 0.514 bits per heavy atom. The number of unbranched alkanes of at least 4 members (excludes halogenated alkanes) is 2. The highest BCUT2D eigenvalue weighted by Crippen LogP contribution is 2.29. The molecule has 0 saturated carbocycles. The molecular weight excluding hydrogens is 436 g/mol. The van der Waals surface area contributed by atoms with Gasteiger partial charge in [-0.3, -0.25) is 0 Å². The summed E-state index contributed by atoms with van der Waals surface area (Å²) in [5.74, 6) is -0.620. The van der Waals surface area contributed by atoms with Crippen LogP contribution in [0.4, 0.5) is 0 Å². The molecule has 0 N–H and O–H groups in total. The molecule has 0 fully saturated rings. The highest BCUT2D eigenvalue weighted by atomic mass is 16.5. The molecule has 5 aromatic rings. The van der Waals surface area contributed by atoms with Crippen LogP contribution in [-0.2, 0) is 9.47 Å². The lowest BCUT2D eigenvalue weighted by Gasteiger charge is -2.11. The van der Waals surface area contributed by atoms with Crippen LogP contribution in [0.1, 0.15) is 40.0 Å². The van der Waals surface area contributed by atoms with Crippen LogP contribution >= 0.6 is 0 Å². The number of carbonyl (C=O) groups excluding carboxylic acids is 2. The van der Waals surface area contributed by atoms with Crippen LogP contribution in [0.3, 0.4) is 0 Å². The van der Waals surface area contributed by atoms with Gasteiger partial charge in [0.1, 0.15) is 0 Å². The first-order chi connectivity index (χ1) is 17.2. The Morgan fingerprint density at radius 3 is 1.71 bits per heavy atom. The van der Waals surface area contributed by atoms with Crippen LogP contribution in [0.5, 0.6) is 0 Å². The smallest absolute Gasteiger partial charge is 0.339 e. The standard InChI is InChI=1S/C31H26O4/c32-30(26-17-16-22-10-2-3-11-23(22)20-26)34-18-8-1-9-19-35-31(33)29-27-14-6-4-12-24(27)21-25-13-5-7-15-28(25)29/h2-7,10-17,20-21H,1,8-9,18-19H2. The minimum absolute atomic E-state index is 0.305. The molecule has 0 atom stereocenters. The minimum Gasteiger partial charge on any atom is -0.462 e. The van der Waals surface area contributed by atoms with E-state index in [9.17, 15) is 9.59 Å². The summed E-state index contributed by atoms with van der Waals surface area (Å²) in [4.78, 5) is 25.4. The van der Waals surface area contributed by atoms with Crippen molar-refractivity contribution < 1.29 is 19.1 Å². The average molecular weight is 463 g/mol. The van der Waals surface area contributed by atoms with Crippen molar-refractivity contribution in [1.82, 2.24) is 0 Å². The third-order valence-corrected chi connectivity index (χ3v) is 6.22. The topological polar surface area (TPSA) is 52.6 Å². The van der Waals surface area contributed by atoms with Crippen LogP contribution < -0.4 is 0 Å². The van der Waals surface area contributed by atoms with Crippen LogP contribution in [-0.4, -0.2) is 25.2 Å². The van der Waals surface area contributed by atoms with Crippen LogP contribution in [0, 0.1) is 0 Å². The monoisotopic (exact) mass is 462 g/mol. The molecule has 0 aliphatic carbocycles. The fourth-order valence-electron chi connectivity index (χ4n) is 4.42. The molecule has 0 bridgehead atoms. The van der Waals surface area contributed by atoms with Gasteiger partial charge in [0.2, 0.25) is 0 Å². The van der Waals surface area contributed by atoms with E-state index in [-0.39, 0.29) is 11.9 Å². The summed E-state index contributed by atoms with van der Waals surface area (Å²) in [6.45, 7) is 0.669. The van der Waals surface area contributed by atoms with E-state index in [0.29, 0.717) is 37.2 Å². The first-order valence-electron chi connectivity index (χ1n) is 11.9. The Kier molecular flexibility index (Phi) is 6.71. The van der Waals surface area contributed by atoms with Crippen LogP contribution in [0.25, 0.3) is 32.3 Å². The summed E-state index contributed by atoms with van der Waals surface area (Å²) in [6.07, 6.45) is 2.23. The zero-order valence-corrected chi connectivity index (χ0v) is 19.4. The Morgan fingerprint density at radius 2 is 1.06 bits per heavy atom. The number of esters is 2. The van der Waals surface area contributed by atoms with Gasteiger partial charge in [0.05, 0.1) is 24.3 Å². The lowest BCUT2D eigenvalue weighted by molar-refractivity contribution is 0.0480. The normalized spacial score (nSPS) is 11.1. The van der Waals surface area contributed by atoms with Gasteiger partial charge in [-0.25, -0.2) is 9.59 Å². The largest absolute Gasteiger partial charge is 0.462 e. The van der Waals surface area contributed by atoms with E-state index in [2.05, 4.69) is 6.07 Å². The van der Waals surface area contributed by atoms with Gasteiger partial charge in [-0.2, -0.15) is 0 Å². The van der Waals surface area contributed by atoms with E-state index < -0.39 is 0 Å². The number of rotatable bonds is 8. The van der Waals surface area contributed by atoms with Crippen molar-refractivity contribution in [2.24, 2.45) is 0 Å². The number of carbonyl (C=O) groups is 2. The average Bonchev–Trinajstić information content (AvgIpc) is 2.90. The Labute approximate surface area is 204 Å². The van der Waals surface area contributed by atoms with Gasteiger partial charge >= 0.3 is 11.9 Å². The molecule has 0 radical (unpaired) electrons. The quantitative estimate of drug-likeness (QED) is 0.138. The molecule has 4 heteroatoms. The summed E-state index contributed by atoms with van der Waals surface area (Å²) in [6, 6.07) is 31.4. The minimum atomic E-state index is -0.315. The molecule has 0 unspecified atom stereocenters. The SMILES string of the molecule is O=C(OCCCCCOC(=O)c1c2ccccc2cc2ccccc12)c1ccc2ccccc2c1. The maximum absolute atomic E-state index is 13.0. The maximum Gasteiger partial charge on any atom is 0.339 e. The van der Waals surface area contributed by atoms with Gasteiger partial charge in [-0.1, -0.05) is 78.9 Å². The van der Waals surface area contributed by atoms with Gasteiger partial charge in [-0.05, 0) is 69.8 Å². The lowest BCUT2D eigenvalue weighted by Crippen LogP contribution is -2.09.